The van der Waals surface area contributed by atoms with Gasteiger partial charge >= 0.3 is 5.97 Å². The monoisotopic (exact) mass is 310 g/mol. The summed E-state index contributed by atoms with van der Waals surface area (Å²) in [6.07, 6.45) is 0. The van der Waals surface area contributed by atoms with Gasteiger partial charge in [0.05, 0.1) is 12.5 Å². The quantitative estimate of drug-likeness (QED) is 0.867. The van der Waals surface area contributed by atoms with Gasteiger partial charge in [-0.25, -0.2) is 0 Å². The van der Waals surface area contributed by atoms with Crippen LogP contribution in [0.5, 0.6) is 0 Å². The number of carbonyl (C=O) groups excluding carboxylic acids is 1. The van der Waals surface area contributed by atoms with E-state index in [2.05, 4.69) is 5.32 Å². The zero-order valence-electron chi connectivity index (χ0n) is 11.9. The Labute approximate surface area is 128 Å². The Kier molecular flexibility index (Phi) is 5.20. The summed E-state index contributed by atoms with van der Waals surface area (Å²) in [6.45, 7) is 3.67. The van der Waals surface area contributed by atoms with E-state index in [4.69, 9.17) is 16.7 Å². The number of carboxylic acid groups (broad SMARTS) is 1. The summed E-state index contributed by atoms with van der Waals surface area (Å²) in [5.74, 6) is -1.18. The van der Waals surface area contributed by atoms with Crippen LogP contribution in [-0.4, -0.2) is 41.5 Å². The molecular formula is C15H19ClN2O3. The third-order valence-corrected chi connectivity index (χ3v) is 4.03. The summed E-state index contributed by atoms with van der Waals surface area (Å²) in [5.41, 5.74) is 0.978. The van der Waals surface area contributed by atoms with E-state index in [9.17, 15) is 9.59 Å². The minimum atomic E-state index is -0.786. The highest BCUT2D eigenvalue weighted by Crippen LogP contribution is 2.22. The second-order valence-electron chi connectivity index (χ2n) is 5.52. The fourth-order valence-corrected chi connectivity index (χ4v) is 2.71. The number of benzene rings is 1. The average molecular weight is 311 g/mol. The zero-order chi connectivity index (χ0) is 15.4. The molecule has 0 spiro atoms. The first-order chi connectivity index (χ1) is 9.95. The Morgan fingerprint density at radius 3 is 2.57 bits per heavy atom. The van der Waals surface area contributed by atoms with Crippen molar-refractivity contribution < 1.29 is 14.7 Å². The third-order valence-electron chi connectivity index (χ3n) is 3.78. The van der Waals surface area contributed by atoms with Crippen LogP contribution in [0.1, 0.15) is 12.5 Å². The molecule has 1 saturated heterocycles. The maximum atomic E-state index is 11.9. The molecule has 2 N–H and O–H groups in total. The standard InChI is InChI=1S/C15H19ClN2O3/c1-10-7-18(8-13(10)15(20)21)9-14(19)17-6-11-2-4-12(16)5-3-11/h2-5,10,13H,6-9H2,1H3,(H,17,19)(H,20,21). The van der Waals surface area contributed by atoms with E-state index < -0.39 is 5.97 Å². The van der Waals surface area contributed by atoms with Crippen molar-refractivity contribution in [1.29, 1.82) is 0 Å². The van der Waals surface area contributed by atoms with E-state index in [1.165, 1.54) is 0 Å². The highest BCUT2D eigenvalue weighted by atomic mass is 35.5. The van der Waals surface area contributed by atoms with E-state index in [1.54, 1.807) is 12.1 Å². The number of carbonyl (C=O) groups is 2. The molecule has 2 rings (SSSR count). The van der Waals surface area contributed by atoms with Gasteiger partial charge < -0.3 is 10.4 Å². The first kappa shape index (κ1) is 15.8. The lowest BCUT2D eigenvalue weighted by molar-refractivity contribution is -0.142. The molecular weight excluding hydrogens is 292 g/mol. The van der Waals surface area contributed by atoms with E-state index in [1.807, 2.05) is 24.0 Å². The molecule has 0 bridgehead atoms. The number of aliphatic carboxylic acids is 1. The molecule has 0 saturated carbocycles. The van der Waals surface area contributed by atoms with Crippen LogP contribution in [0.4, 0.5) is 0 Å². The molecule has 21 heavy (non-hydrogen) atoms. The van der Waals surface area contributed by atoms with Crippen LogP contribution < -0.4 is 5.32 Å². The third kappa shape index (κ3) is 4.44. The number of rotatable bonds is 5. The molecule has 1 heterocycles. The minimum absolute atomic E-state index is 0.0755. The molecule has 0 aromatic heterocycles. The summed E-state index contributed by atoms with van der Waals surface area (Å²) in [7, 11) is 0. The first-order valence-electron chi connectivity index (χ1n) is 6.92. The molecule has 0 aliphatic carbocycles. The molecule has 1 aliphatic rings. The molecule has 1 fully saturated rings. The molecule has 1 amide bonds. The van der Waals surface area contributed by atoms with Gasteiger partial charge in [-0.15, -0.1) is 0 Å². The van der Waals surface area contributed by atoms with E-state index in [0.29, 0.717) is 24.7 Å². The summed E-state index contributed by atoms with van der Waals surface area (Å²) in [6, 6.07) is 7.29. The molecule has 0 radical (unpaired) electrons. The van der Waals surface area contributed by atoms with Gasteiger partial charge in [-0.05, 0) is 23.6 Å². The fraction of sp³-hybridized carbons (Fsp3) is 0.467. The second-order valence-corrected chi connectivity index (χ2v) is 5.96. The van der Waals surface area contributed by atoms with Crippen molar-refractivity contribution in [2.45, 2.75) is 13.5 Å². The Hall–Kier alpha value is -1.59. The van der Waals surface area contributed by atoms with Crippen molar-refractivity contribution in [2.24, 2.45) is 11.8 Å². The smallest absolute Gasteiger partial charge is 0.308 e. The van der Waals surface area contributed by atoms with Gasteiger partial charge in [0.1, 0.15) is 0 Å². The Bertz CT molecular complexity index is 518. The van der Waals surface area contributed by atoms with Crippen LogP contribution in [-0.2, 0) is 16.1 Å². The molecule has 114 valence electrons. The van der Waals surface area contributed by atoms with Gasteiger partial charge in [0.2, 0.25) is 5.91 Å². The molecule has 2 atom stereocenters. The van der Waals surface area contributed by atoms with Crippen LogP contribution >= 0.6 is 11.6 Å². The molecule has 1 aliphatic heterocycles. The average Bonchev–Trinajstić information content (AvgIpc) is 2.79. The van der Waals surface area contributed by atoms with E-state index in [-0.39, 0.29) is 24.3 Å². The largest absolute Gasteiger partial charge is 0.481 e. The number of amides is 1. The molecule has 1 aromatic rings. The number of hydrogen-bond acceptors (Lipinski definition) is 3. The maximum absolute atomic E-state index is 11.9. The molecule has 1 aromatic carbocycles. The minimum Gasteiger partial charge on any atom is -0.481 e. The predicted octanol–water partition coefficient (Wildman–Crippen LogP) is 1.61. The van der Waals surface area contributed by atoms with Gasteiger partial charge in [0, 0.05) is 24.7 Å². The molecule has 5 nitrogen and oxygen atoms in total. The summed E-state index contributed by atoms with van der Waals surface area (Å²) < 4.78 is 0. The summed E-state index contributed by atoms with van der Waals surface area (Å²) in [5, 5.41) is 12.6. The van der Waals surface area contributed by atoms with Crippen LogP contribution in [0.25, 0.3) is 0 Å². The van der Waals surface area contributed by atoms with Gasteiger partial charge in [-0.2, -0.15) is 0 Å². The lowest BCUT2D eigenvalue weighted by Gasteiger charge is -2.14. The highest BCUT2D eigenvalue weighted by Gasteiger charge is 2.35. The molecule has 6 heteroatoms. The highest BCUT2D eigenvalue weighted by molar-refractivity contribution is 6.30. The van der Waals surface area contributed by atoms with E-state index >= 15 is 0 Å². The Morgan fingerprint density at radius 2 is 2.00 bits per heavy atom. The number of nitrogens with one attached hydrogen (secondary N) is 1. The Morgan fingerprint density at radius 1 is 1.33 bits per heavy atom. The zero-order valence-corrected chi connectivity index (χ0v) is 12.6. The van der Waals surface area contributed by atoms with Gasteiger partial charge in [-0.1, -0.05) is 30.7 Å². The van der Waals surface area contributed by atoms with Crippen LogP contribution in [0.2, 0.25) is 5.02 Å². The van der Waals surface area contributed by atoms with Crippen molar-refractivity contribution >= 4 is 23.5 Å². The van der Waals surface area contributed by atoms with Crippen molar-refractivity contribution in [3.63, 3.8) is 0 Å². The predicted molar refractivity (Wildman–Crippen MR) is 80.0 cm³/mol. The summed E-state index contributed by atoms with van der Waals surface area (Å²) in [4.78, 5) is 24.8. The van der Waals surface area contributed by atoms with Gasteiger partial charge in [0.25, 0.3) is 0 Å². The topological polar surface area (TPSA) is 69.6 Å². The maximum Gasteiger partial charge on any atom is 0.308 e. The van der Waals surface area contributed by atoms with E-state index in [0.717, 1.165) is 5.56 Å². The normalized spacial score (nSPS) is 22.2. The lowest BCUT2D eigenvalue weighted by Crippen LogP contribution is -2.36. The molecule has 2 unspecified atom stereocenters. The van der Waals surface area contributed by atoms with Gasteiger partial charge in [-0.3, -0.25) is 14.5 Å². The van der Waals surface area contributed by atoms with Crippen molar-refractivity contribution in [2.75, 3.05) is 19.6 Å². The SMILES string of the molecule is CC1CN(CC(=O)NCc2ccc(Cl)cc2)CC1C(=O)O. The second kappa shape index (κ2) is 6.91. The number of hydrogen-bond donors (Lipinski definition) is 2. The van der Waals surface area contributed by atoms with Crippen LogP contribution in [0, 0.1) is 11.8 Å². The lowest BCUT2D eigenvalue weighted by atomic mass is 9.99. The van der Waals surface area contributed by atoms with Crippen molar-refractivity contribution in [3.05, 3.63) is 34.9 Å². The number of nitrogens with zero attached hydrogens (tertiary/aromatic N) is 1. The number of carboxylic acids is 1. The number of halogens is 1. The van der Waals surface area contributed by atoms with Crippen molar-refractivity contribution in [3.8, 4) is 0 Å². The first-order valence-corrected chi connectivity index (χ1v) is 7.30. The van der Waals surface area contributed by atoms with Crippen LogP contribution in [0.3, 0.4) is 0 Å². The van der Waals surface area contributed by atoms with Crippen LogP contribution in [0.15, 0.2) is 24.3 Å². The fourth-order valence-electron chi connectivity index (χ4n) is 2.58. The van der Waals surface area contributed by atoms with Crippen molar-refractivity contribution in [1.82, 2.24) is 10.2 Å². The number of likely N-dealkylation sites (tertiary alicyclic amines) is 1. The Balaban J connectivity index is 1.77. The van der Waals surface area contributed by atoms with Gasteiger partial charge in [0.15, 0.2) is 0 Å². The summed E-state index contributed by atoms with van der Waals surface area (Å²) >= 11 is 5.80.